The smallest absolute Gasteiger partial charge is 0.327 e. The van der Waals surface area contributed by atoms with Crippen molar-refractivity contribution in [2.45, 2.75) is 12.6 Å². The molecule has 0 aliphatic rings. The predicted molar refractivity (Wildman–Crippen MR) is 68.4 cm³/mol. The molecule has 100 valence electrons. The van der Waals surface area contributed by atoms with E-state index in [0.29, 0.717) is 18.1 Å². The molecule has 1 aromatic rings. The van der Waals surface area contributed by atoms with Gasteiger partial charge in [0.2, 0.25) is 0 Å². The van der Waals surface area contributed by atoms with Crippen molar-refractivity contribution in [2.24, 2.45) is 0 Å². The molecule has 0 saturated heterocycles. The molecule has 1 heterocycles. The summed E-state index contributed by atoms with van der Waals surface area (Å²) in [6, 6.07) is -1.32. The molecule has 0 bridgehead atoms. The topological polar surface area (TPSA) is 98.3 Å². The quantitative estimate of drug-likeness (QED) is 0.695. The van der Waals surface area contributed by atoms with Crippen LogP contribution >= 0.6 is 11.8 Å². The largest absolute Gasteiger partial charge is 0.480 e. The fourth-order valence-corrected chi connectivity index (χ4v) is 1.84. The summed E-state index contributed by atoms with van der Waals surface area (Å²) in [5.74, 6) is -0.0659. The molecule has 0 saturated carbocycles. The van der Waals surface area contributed by atoms with Gasteiger partial charge in [0.15, 0.2) is 0 Å². The Hall–Kier alpha value is -1.70. The number of H-pyrrole nitrogens is 1. The lowest BCUT2D eigenvalue weighted by Gasteiger charge is -2.20. The standard InChI is InChI=1S/C10H16N4O3S/c1-14(5-8-11-3-4-12-8)10(17)13-7(6-18-2)9(15)16/h3-4,7H,5-6H2,1-2H3,(H,11,12)(H,13,17)(H,15,16)/t7-/m0/s1. The lowest BCUT2D eigenvalue weighted by Crippen LogP contribution is -2.47. The Morgan fingerprint density at radius 3 is 2.89 bits per heavy atom. The Bertz CT molecular complexity index is 396. The summed E-state index contributed by atoms with van der Waals surface area (Å²) in [4.78, 5) is 30.9. The number of carbonyl (C=O) groups excluding carboxylic acids is 1. The summed E-state index contributed by atoms with van der Waals surface area (Å²) in [6.45, 7) is 0.296. The van der Waals surface area contributed by atoms with Gasteiger partial charge in [0.05, 0.1) is 6.54 Å². The van der Waals surface area contributed by atoms with Crippen LogP contribution in [-0.4, -0.2) is 57.1 Å². The average Bonchev–Trinajstić information content (AvgIpc) is 2.80. The Kier molecular flexibility index (Phi) is 5.50. The van der Waals surface area contributed by atoms with Crippen molar-refractivity contribution >= 4 is 23.8 Å². The summed E-state index contributed by atoms with van der Waals surface area (Å²) in [5.41, 5.74) is 0. The van der Waals surface area contributed by atoms with Gasteiger partial charge in [0, 0.05) is 25.2 Å². The molecule has 1 aromatic heterocycles. The molecule has 0 spiro atoms. The minimum absolute atomic E-state index is 0.296. The van der Waals surface area contributed by atoms with Crippen molar-refractivity contribution in [2.75, 3.05) is 19.1 Å². The Morgan fingerprint density at radius 2 is 2.39 bits per heavy atom. The fourth-order valence-electron chi connectivity index (χ4n) is 1.28. The number of imidazole rings is 1. The van der Waals surface area contributed by atoms with Crippen LogP contribution < -0.4 is 5.32 Å². The molecule has 0 aromatic carbocycles. The molecular weight excluding hydrogens is 256 g/mol. The number of carbonyl (C=O) groups is 2. The van der Waals surface area contributed by atoms with Gasteiger partial charge in [-0.25, -0.2) is 14.6 Å². The third-order valence-electron chi connectivity index (χ3n) is 2.22. The summed E-state index contributed by atoms with van der Waals surface area (Å²) < 4.78 is 0. The highest BCUT2D eigenvalue weighted by atomic mass is 32.2. The van der Waals surface area contributed by atoms with Crippen molar-refractivity contribution in [3.05, 3.63) is 18.2 Å². The molecule has 0 fully saturated rings. The Labute approximate surface area is 109 Å². The summed E-state index contributed by atoms with van der Waals surface area (Å²) in [7, 11) is 1.58. The van der Waals surface area contributed by atoms with E-state index in [-0.39, 0.29) is 0 Å². The van der Waals surface area contributed by atoms with Gasteiger partial charge < -0.3 is 20.3 Å². The second kappa shape index (κ2) is 6.90. The van der Waals surface area contributed by atoms with E-state index in [1.807, 2.05) is 0 Å². The molecule has 0 unspecified atom stereocenters. The molecule has 2 amide bonds. The van der Waals surface area contributed by atoms with Gasteiger partial charge in [0.1, 0.15) is 11.9 Å². The maximum atomic E-state index is 11.8. The van der Waals surface area contributed by atoms with E-state index in [4.69, 9.17) is 5.11 Å². The first-order valence-corrected chi connectivity index (χ1v) is 6.65. The van der Waals surface area contributed by atoms with Gasteiger partial charge in [-0.1, -0.05) is 0 Å². The molecule has 3 N–H and O–H groups in total. The lowest BCUT2D eigenvalue weighted by atomic mass is 10.3. The van der Waals surface area contributed by atoms with E-state index in [2.05, 4.69) is 15.3 Å². The Balaban J connectivity index is 2.50. The molecule has 0 radical (unpaired) electrons. The van der Waals surface area contributed by atoms with Crippen molar-refractivity contribution in [1.82, 2.24) is 20.2 Å². The van der Waals surface area contributed by atoms with E-state index in [9.17, 15) is 9.59 Å². The van der Waals surface area contributed by atoms with E-state index < -0.39 is 18.0 Å². The van der Waals surface area contributed by atoms with Crippen LogP contribution in [0.4, 0.5) is 4.79 Å². The number of aliphatic carboxylic acids is 1. The highest BCUT2D eigenvalue weighted by molar-refractivity contribution is 7.98. The molecule has 7 nitrogen and oxygen atoms in total. The van der Waals surface area contributed by atoms with Gasteiger partial charge in [0.25, 0.3) is 0 Å². The number of amides is 2. The first kappa shape index (κ1) is 14.4. The van der Waals surface area contributed by atoms with E-state index >= 15 is 0 Å². The molecule has 1 atom stereocenters. The van der Waals surface area contributed by atoms with Gasteiger partial charge in [-0.15, -0.1) is 0 Å². The number of aromatic nitrogens is 2. The van der Waals surface area contributed by atoms with E-state index in [1.165, 1.54) is 16.7 Å². The molecule has 8 heteroatoms. The number of hydrogen-bond donors (Lipinski definition) is 3. The minimum Gasteiger partial charge on any atom is -0.480 e. The molecule has 0 aliphatic carbocycles. The number of nitrogens with zero attached hydrogens (tertiary/aromatic N) is 2. The van der Waals surface area contributed by atoms with Crippen LogP contribution in [0.5, 0.6) is 0 Å². The SMILES string of the molecule is CSC[C@H](NC(=O)N(C)Cc1ncc[nH]1)C(=O)O. The molecule has 18 heavy (non-hydrogen) atoms. The third-order valence-corrected chi connectivity index (χ3v) is 2.88. The van der Waals surface area contributed by atoms with Crippen LogP contribution in [0, 0.1) is 0 Å². The number of urea groups is 1. The van der Waals surface area contributed by atoms with Crippen molar-refractivity contribution < 1.29 is 14.7 Å². The maximum Gasteiger partial charge on any atom is 0.327 e. The van der Waals surface area contributed by atoms with Crippen LogP contribution in [0.1, 0.15) is 5.82 Å². The van der Waals surface area contributed by atoms with Gasteiger partial charge >= 0.3 is 12.0 Å². The average molecular weight is 272 g/mol. The summed E-state index contributed by atoms with van der Waals surface area (Å²) >= 11 is 1.36. The van der Waals surface area contributed by atoms with Crippen LogP contribution in [0.15, 0.2) is 12.4 Å². The van der Waals surface area contributed by atoms with Gasteiger partial charge in [-0.2, -0.15) is 11.8 Å². The van der Waals surface area contributed by atoms with E-state index in [1.54, 1.807) is 25.7 Å². The monoisotopic (exact) mass is 272 g/mol. The van der Waals surface area contributed by atoms with Crippen molar-refractivity contribution in [1.29, 1.82) is 0 Å². The molecular formula is C10H16N4O3S. The third kappa shape index (κ3) is 4.28. The van der Waals surface area contributed by atoms with Crippen LogP contribution in [0.2, 0.25) is 0 Å². The second-order valence-electron chi connectivity index (χ2n) is 3.69. The normalized spacial score (nSPS) is 11.9. The number of thioether (sulfide) groups is 1. The predicted octanol–water partition coefficient (Wildman–Crippen LogP) is 0.367. The highest BCUT2D eigenvalue weighted by Crippen LogP contribution is 2.00. The zero-order valence-electron chi connectivity index (χ0n) is 10.2. The first-order valence-electron chi connectivity index (χ1n) is 5.26. The van der Waals surface area contributed by atoms with Crippen LogP contribution in [0.25, 0.3) is 0 Å². The number of nitrogens with one attached hydrogen (secondary N) is 2. The second-order valence-corrected chi connectivity index (χ2v) is 4.60. The van der Waals surface area contributed by atoms with Gasteiger partial charge in [-0.3, -0.25) is 0 Å². The van der Waals surface area contributed by atoms with Crippen molar-refractivity contribution in [3.8, 4) is 0 Å². The van der Waals surface area contributed by atoms with Crippen LogP contribution in [0.3, 0.4) is 0 Å². The maximum absolute atomic E-state index is 11.8. The number of aromatic amines is 1. The molecule has 1 rings (SSSR count). The Morgan fingerprint density at radius 1 is 1.67 bits per heavy atom. The minimum atomic E-state index is -1.04. The number of carboxylic acids is 1. The number of hydrogen-bond acceptors (Lipinski definition) is 4. The summed E-state index contributed by atoms with van der Waals surface area (Å²) in [6.07, 6.45) is 5.04. The van der Waals surface area contributed by atoms with E-state index in [0.717, 1.165) is 0 Å². The van der Waals surface area contributed by atoms with Gasteiger partial charge in [-0.05, 0) is 6.26 Å². The number of rotatable bonds is 6. The lowest BCUT2D eigenvalue weighted by molar-refractivity contribution is -0.138. The fraction of sp³-hybridized carbons (Fsp3) is 0.500. The molecule has 0 aliphatic heterocycles. The summed E-state index contributed by atoms with van der Waals surface area (Å²) in [5, 5.41) is 11.4. The highest BCUT2D eigenvalue weighted by Gasteiger charge is 2.21. The first-order chi connectivity index (χ1) is 8.54. The number of carboxylic acid groups (broad SMARTS) is 1. The zero-order valence-corrected chi connectivity index (χ0v) is 11.0. The van der Waals surface area contributed by atoms with Crippen molar-refractivity contribution in [3.63, 3.8) is 0 Å². The zero-order chi connectivity index (χ0) is 13.5. The van der Waals surface area contributed by atoms with Crippen LogP contribution in [-0.2, 0) is 11.3 Å².